The monoisotopic (exact) mass is 211 g/mol. The number of nitrogens with zero attached hydrogens (tertiary/aromatic N) is 1. The number of nitrogens with one attached hydrogen (secondary N) is 1. The maximum absolute atomic E-state index is 10.5. The Hall–Kier alpha value is -1.36. The summed E-state index contributed by atoms with van der Waals surface area (Å²) in [5.74, 6) is -0.940. The Bertz CT molecular complexity index is 288. The summed E-state index contributed by atoms with van der Waals surface area (Å²) in [7, 11) is 0. The minimum absolute atomic E-state index is 0.174. The van der Waals surface area contributed by atoms with Crippen LogP contribution in [0.1, 0.15) is 26.2 Å². The van der Waals surface area contributed by atoms with Crippen molar-refractivity contribution in [1.29, 1.82) is 0 Å². The van der Waals surface area contributed by atoms with E-state index in [0.29, 0.717) is 6.42 Å². The molecule has 1 aliphatic rings. The zero-order valence-electron chi connectivity index (χ0n) is 8.81. The number of carbonyl (C=O) groups is 1. The molecule has 0 aliphatic carbocycles. The number of hydrogen-bond acceptors (Lipinski definition) is 4. The molecule has 0 amide bonds. The third-order valence-electron chi connectivity index (χ3n) is 2.47. The number of carboxylic acid groups (broad SMARTS) is 1. The highest BCUT2D eigenvalue weighted by Gasteiger charge is 2.21. The molecule has 0 aromatic carbocycles. The van der Waals surface area contributed by atoms with Crippen molar-refractivity contribution in [2.75, 3.05) is 0 Å². The summed E-state index contributed by atoms with van der Waals surface area (Å²) in [5.41, 5.74) is 8.23. The second kappa shape index (κ2) is 4.93. The first kappa shape index (κ1) is 11.7. The molecule has 1 unspecified atom stereocenters. The van der Waals surface area contributed by atoms with Gasteiger partial charge in [0.2, 0.25) is 0 Å². The SMILES string of the molecule is CC1(CCC[C@H](N)C(=O)O)C=CC=NN1. The van der Waals surface area contributed by atoms with Crippen LogP contribution in [0.5, 0.6) is 0 Å². The van der Waals surface area contributed by atoms with Gasteiger partial charge < -0.3 is 16.3 Å². The first-order valence-corrected chi connectivity index (χ1v) is 5.00. The fourth-order valence-electron chi connectivity index (χ4n) is 1.47. The lowest BCUT2D eigenvalue weighted by Gasteiger charge is -2.27. The van der Waals surface area contributed by atoms with Gasteiger partial charge in [0.05, 0.1) is 5.54 Å². The first-order chi connectivity index (χ1) is 7.03. The van der Waals surface area contributed by atoms with Gasteiger partial charge in [0.15, 0.2) is 0 Å². The Morgan fingerprint density at radius 3 is 3.00 bits per heavy atom. The molecule has 0 radical (unpaired) electrons. The van der Waals surface area contributed by atoms with Gasteiger partial charge in [0.25, 0.3) is 0 Å². The predicted molar refractivity (Wildman–Crippen MR) is 58.6 cm³/mol. The fraction of sp³-hybridized carbons (Fsp3) is 0.600. The van der Waals surface area contributed by atoms with Crippen LogP contribution >= 0.6 is 0 Å². The predicted octanol–water partition coefficient (Wildman–Crippen LogP) is 0.472. The Morgan fingerprint density at radius 1 is 1.73 bits per heavy atom. The van der Waals surface area contributed by atoms with E-state index < -0.39 is 12.0 Å². The normalized spacial score (nSPS) is 26.0. The summed E-state index contributed by atoms with van der Waals surface area (Å²) in [6.07, 6.45) is 7.66. The third-order valence-corrected chi connectivity index (χ3v) is 2.47. The molecule has 84 valence electrons. The van der Waals surface area contributed by atoms with E-state index in [9.17, 15) is 4.79 Å². The molecule has 1 aliphatic heterocycles. The number of allylic oxidation sites excluding steroid dienone is 1. The van der Waals surface area contributed by atoms with Crippen LogP contribution in [0.15, 0.2) is 17.3 Å². The highest BCUT2D eigenvalue weighted by atomic mass is 16.4. The number of nitrogens with two attached hydrogens (primary N) is 1. The van der Waals surface area contributed by atoms with E-state index in [1.165, 1.54) is 0 Å². The van der Waals surface area contributed by atoms with Crippen LogP contribution in [0.4, 0.5) is 0 Å². The molecule has 0 saturated heterocycles. The number of aliphatic carboxylic acids is 1. The van der Waals surface area contributed by atoms with Crippen LogP contribution < -0.4 is 11.2 Å². The Labute approximate surface area is 89.0 Å². The zero-order valence-corrected chi connectivity index (χ0v) is 8.81. The van der Waals surface area contributed by atoms with Crippen LogP contribution in [0, 0.1) is 0 Å². The molecule has 0 saturated carbocycles. The van der Waals surface area contributed by atoms with Crippen LogP contribution in [0.2, 0.25) is 0 Å². The highest BCUT2D eigenvalue weighted by molar-refractivity contribution is 5.73. The van der Waals surface area contributed by atoms with Crippen molar-refractivity contribution in [2.45, 2.75) is 37.8 Å². The van der Waals surface area contributed by atoms with Gasteiger partial charge in [-0.05, 0) is 32.3 Å². The van der Waals surface area contributed by atoms with Gasteiger partial charge in [-0.2, -0.15) is 5.10 Å². The molecule has 5 heteroatoms. The summed E-state index contributed by atoms with van der Waals surface area (Å²) in [5, 5.41) is 12.6. The standard InChI is InChI=1S/C10H17N3O2/c1-10(6-3-7-12-13-10)5-2-4-8(11)9(14)15/h3,6-8,13H,2,4-5,11H2,1H3,(H,14,15)/t8-,10?/m0/s1. The lowest BCUT2D eigenvalue weighted by Crippen LogP contribution is -2.39. The van der Waals surface area contributed by atoms with Gasteiger partial charge in [0, 0.05) is 6.21 Å². The van der Waals surface area contributed by atoms with Crippen LogP contribution in [0.3, 0.4) is 0 Å². The van der Waals surface area contributed by atoms with E-state index in [0.717, 1.165) is 12.8 Å². The van der Waals surface area contributed by atoms with E-state index >= 15 is 0 Å². The third kappa shape index (κ3) is 3.71. The van der Waals surface area contributed by atoms with E-state index in [2.05, 4.69) is 10.5 Å². The van der Waals surface area contributed by atoms with Crippen molar-refractivity contribution in [3.8, 4) is 0 Å². The van der Waals surface area contributed by atoms with Crippen molar-refractivity contribution < 1.29 is 9.90 Å². The van der Waals surface area contributed by atoms with Gasteiger partial charge in [-0.1, -0.05) is 6.08 Å². The molecular formula is C10H17N3O2. The lowest BCUT2D eigenvalue weighted by molar-refractivity contribution is -0.138. The quantitative estimate of drug-likeness (QED) is 0.617. The van der Waals surface area contributed by atoms with Gasteiger partial charge in [-0.3, -0.25) is 4.79 Å². The average Bonchev–Trinajstić information content (AvgIpc) is 2.18. The second-order valence-corrected chi connectivity index (χ2v) is 4.00. The smallest absolute Gasteiger partial charge is 0.320 e. The molecule has 5 nitrogen and oxygen atoms in total. The van der Waals surface area contributed by atoms with E-state index in [1.807, 2.05) is 19.1 Å². The fourth-order valence-corrected chi connectivity index (χ4v) is 1.47. The Morgan fingerprint density at radius 2 is 2.47 bits per heavy atom. The molecular weight excluding hydrogens is 194 g/mol. The van der Waals surface area contributed by atoms with Crippen LogP contribution in [0.25, 0.3) is 0 Å². The first-order valence-electron chi connectivity index (χ1n) is 5.00. The summed E-state index contributed by atoms with van der Waals surface area (Å²) in [6.45, 7) is 2.02. The van der Waals surface area contributed by atoms with Crippen molar-refractivity contribution in [1.82, 2.24) is 5.43 Å². The van der Waals surface area contributed by atoms with Gasteiger partial charge in [-0.15, -0.1) is 0 Å². The number of rotatable bonds is 5. The maximum atomic E-state index is 10.5. The molecule has 1 heterocycles. The van der Waals surface area contributed by atoms with Crippen LogP contribution in [-0.4, -0.2) is 28.9 Å². The Kier molecular flexibility index (Phi) is 3.85. The van der Waals surface area contributed by atoms with Crippen molar-refractivity contribution in [2.24, 2.45) is 10.8 Å². The van der Waals surface area contributed by atoms with Crippen LogP contribution in [-0.2, 0) is 4.79 Å². The summed E-state index contributed by atoms with van der Waals surface area (Å²) in [4.78, 5) is 10.5. The van der Waals surface area contributed by atoms with E-state index in [1.54, 1.807) is 6.21 Å². The summed E-state index contributed by atoms with van der Waals surface area (Å²) >= 11 is 0. The van der Waals surface area contributed by atoms with E-state index in [4.69, 9.17) is 10.8 Å². The van der Waals surface area contributed by atoms with Crippen molar-refractivity contribution >= 4 is 12.2 Å². The zero-order chi connectivity index (χ0) is 11.3. The van der Waals surface area contributed by atoms with Gasteiger partial charge in [0.1, 0.15) is 6.04 Å². The minimum Gasteiger partial charge on any atom is -0.480 e. The Balaban J connectivity index is 2.28. The molecule has 0 aromatic rings. The molecule has 0 aromatic heterocycles. The lowest BCUT2D eigenvalue weighted by atomic mass is 9.93. The highest BCUT2D eigenvalue weighted by Crippen LogP contribution is 2.17. The topological polar surface area (TPSA) is 87.7 Å². The van der Waals surface area contributed by atoms with Gasteiger partial charge in [-0.25, -0.2) is 0 Å². The van der Waals surface area contributed by atoms with Crippen molar-refractivity contribution in [3.63, 3.8) is 0 Å². The van der Waals surface area contributed by atoms with Crippen molar-refractivity contribution in [3.05, 3.63) is 12.2 Å². The number of hydrogen-bond donors (Lipinski definition) is 3. The van der Waals surface area contributed by atoms with Gasteiger partial charge >= 0.3 is 5.97 Å². The minimum atomic E-state index is -0.940. The molecule has 1 rings (SSSR count). The summed E-state index contributed by atoms with van der Waals surface area (Å²) in [6, 6.07) is -0.760. The molecule has 4 N–H and O–H groups in total. The second-order valence-electron chi connectivity index (χ2n) is 4.00. The van der Waals surface area contributed by atoms with E-state index in [-0.39, 0.29) is 5.54 Å². The average molecular weight is 211 g/mol. The number of hydrazone groups is 1. The number of carboxylic acids is 1. The molecule has 2 atom stereocenters. The molecule has 0 fully saturated rings. The molecule has 15 heavy (non-hydrogen) atoms. The maximum Gasteiger partial charge on any atom is 0.320 e. The molecule has 0 spiro atoms. The summed E-state index contributed by atoms with van der Waals surface area (Å²) < 4.78 is 0. The largest absolute Gasteiger partial charge is 0.480 e. The molecule has 0 bridgehead atoms.